The number of hydrogen-bond acceptors (Lipinski definition) is 2. The summed E-state index contributed by atoms with van der Waals surface area (Å²) in [6.45, 7) is 1.21. The van der Waals surface area contributed by atoms with Gasteiger partial charge in [-0.05, 0) is 45.7 Å². The summed E-state index contributed by atoms with van der Waals surface area (Å²) in [4.78, 5) is 2.31. The molecule has 1 aliphatic carbocycles. The summed E-state index contributed by atoms with van der Waals surface area (Å²) in [5, 5.41) is 3.85. The third kappa shape index (κ3) is 2.48. The molecule has 3 atom stereocenters. The summed E-state index contributed by atoms with van der Waals surface area (Å²) in [5.74, 6) is 1.00. The third-order valence-electron chi connectivity index (χ3n) is 3.83. The molecule has 82 valence electrons. The van der Waals surface area contributed by atoms with Gasteiger partial charge in [0.25, 0.3) is 0 Å². The van der Waals surface area contributed by atoms with Gasteiger partial charge in [-0.3, -0.25) is 0 Å². The van der Waals surface area contributed by atoms with Gasteiger partial charge in [0.05, 0.1) is 0 Å². The maximum absolute atomic E-state index is 3.85. The maximum atomic E-state index is 3.85. The summed E-state index contributed by atoms with van der Waals surface area (Å²) >= 11 is 0. The van der Waals surface area contributed by atoms with Crippen LogP contribution in [0.4, 0.5) is 0 Å². The lowest BCUT2D eigenvalue weighted by Gasteiger charge is -2.41. The maximum Gasteiger partial charge on any atom is 0.0197 e. The normalized spacial score (nSPS) is 38.4. The molecular weight excluding hydrogens is 172 g/mol. The number of nitrogens with one attached hydrogen (secondary N) is 1. The van der Waals surface area contributed by atoms with Crippen molar-refractivity contribution in [2.24, 2.45) is 5.92 Å². The molecule has 2 aliphatic rings. The van der Waals surface area contributed by atoms with Crippen LogP contribution in [0.5, 0.6) is 0 Å². The first-order valence-electron chi connectivity index (χ1n) is 6.16. The van der Waals surface area contributed by atoms with Gasteiger partial charge in [-0.25, -0.2) is 0 Å². The molecule has 0 radical (unpaired) electrons. The Morgan fingerprint density at radius 2 is 1.86 bits per heavy atom. The van der Waals surface area contributed by atoms with Gasteiger partial charge in [-0.2, -0.15) is 0 Å². The Labute approximate surface area is 88.1 Å². The topological polar surface area (TPSA) is 15.3 Å². The van der Waals surface area contributed by atoms with Crippen LogP contribution in [0.25, 0.3) is 0 Å². The van der Waals surface area contributed by atoms with Gasteiger partial charge in [0, 0.05) is 18.6 Å². The molecule has 0 bridgehead atoms. The average Bonchev–Trinajstić information content (AvgIpc) is 2.17. The fourth-order valence-electron chi connectivity index (χ4n) is 3.16. The summed E-state index contributed by atoms with van der Waals surface area (Å²) in [5.41, 5.74) is 0. The van der Waals surface area contributed by atoms with Crippen LogP contribution in [0, 0.1) is 5.92 Å². The van der Waals surface area contributed by atoms with Crippen molar-refractivity contribution >= 4 is 0 Å². The fraction of sp³-hybridized carbons (Fsp3) is 1.00. The minimum absolute atomic E-state index is 0.754. The van der Waals surface area contributed by atoms with E-state index in [1.807, 2.05) is 0 Å². The highest BCUT2D eigenvalue weighted by molar-refractivity contribution is 4.89. The number of hydrogen-bond donors (Lipinski definition) is 1. The SMILES string of the molecule is CN(C)CC1CCC2CCCCC2N1. The first-order valence-corrected chi connectivity index (χ1v) is 6.16. The molecule has 1 N–H and O–H groups in total. The van der Waals surface area contributed by atoms with E-state index >= 15 is 0 Å². The lowest BCUT2D eigenvalue weighted by Crippen LogP contribution is -2.52. The van der Waals surface area contributed by atoms with E-state index in [0.29, 0.717) is 0 Å². The zero-order chi connectivity index (χ0) is 9.97. The molecule has 0 aromatic heterocycles. The summed E-state index contributed by atoms with van der Waals surface area (Å²) < 4.78 is 0. The highest BCUT2D eigenvalue weighted by atomic mass is 15.1. The monoisotopic (exact) mass is 196 g/mol. The van der Waals surface area contributed by atoms with Crippen LogP contribution in [0.2, 0.25) is 0 Å². The van der Waals surface area contributed by atoms with Crippen LogP contribution >= 0.6 is 0 Å². The second-order valence-corrected chi connectivity index (χ2v) is 5.35. The first kappa shape index (κ1) is 10.4. The molecule has 2 heteroatoms. The van der Waals surface area contributed by atoms with Crippen LogP contribution < -0.4 is 5.32 Å². The van der Waals surface area contributed by atoms with Crippen molar-refractivity contribution in [2.75, 3.05) is 20.6 Å². The van der Waals surface area contributed by atoms with E-state index in [0.717, 1.165) is 18.0 Å². The van der Waals surface area contributed by atoms with Gasteiger partial charge in [0.15, 0.2) is 0 Å². The second-order valence-electron chi connectivity index (χ2n) is 5.35. The Morgan fingerprint density at radius 3 is 2.64 bits per heavy atom. The van der Waals surface area contributed by atoms with E-state index < -0.39 is 0 Å². The number of nitrogens with zero attached hydrogens (tertiary/aromatic N) is 1. The molecule has 2 rings (SSSR count). The Hall–Kier alpha value is -0.0800. The fourth-order valence-corrected chi connectivity index (χ4v) is 3.16. The van der Waals surface area contributed by atoms with E-state index in [1.54, 1.807) is 0 Å². The zero-order valence-corrected chi connectivity index (χ0v) is 9.63. The molecule has 2 fully saturated rings. The highest BCUT2D eigenvalue weighted by Gasteiger charge is 2.31. The van der Waals surface area contributed by atoms with E-state index in [1.165, 1.54) is 45.1 Å². The molecule has 1 saturated carbocycles. The van der Waals surface area contributed by atoms with Gasteiger partial charge < -0.3 is 10.2 Å². The molecule has 0 aromatic carbocycles. The lowest BCUT2D eigenvalue weighted by molar-refractivity contribution is 0.159. The number of fused-ring (bicyclic) bond motifs is 1. The molecule has 0 spiro atoms. The minimum atomic E-state index is 0.754. The van der Waals surface area contributed by atoms with Gasteiger partial charge in [-0.1, -0.05) is 12.8 Å². The number of likely N-dealkylation sites (N-methyl/N-ethyl adjacent to an activating group) is 1. The third-order valence-corrected chi connectivity index (χ3v) is 3.83. The largest absolute Gasteiger partial charge is 0.310 e. The van der Waals surface area contributed by atoms with Crippen molar-refractivity contribution < 1.29 is 0 Å². The molecule has 0 amide bonds. The first-order chi connectivity index (χ1) is 6.75. The quantitative estimate of drug-likeness (QED) is 0.725. The van der Waals surface area contributed by atoms with Crippen LogP contribution in [0.1, 0.15) is 38.5 Å². The van der Waals surface area contributed by atoms with Crippen LogP contribution in [-0.2, 0) is 0 Å². The minimum Gasteiger partial charge on any atom is -0.310 e. The van der Waals surface area contributed by atoms with Gasteiger partial charge in [-0.15, -0.1) is 0 Å². The molecule has 0 aromatic rings. The zero-order valence-electron chi connectivity index (χ0n) is 9.63. The van der Waals surface area contributed by atoms with Crippen LogP contribution in [-0.4, -0.2) is 37.6 Å². The molecule has 14 heavy (non-hydrogen) atoms. The molecule has 1 aliphatic heterocycles. The van der Waals surface area contributed by atoms with Crippen molar-refractivity contribution in [3.8, 4) is 0 Å². The Morgan fingerprint density at radius 1 is 1.07 bits per heavy atom. The Balaban J connectivity index is 1.83. The van der Waals surface area contributed by atoms with Crippen molar-refractivity contribution in [3.05, 3.63) is 0 Å². The Bertz CT molecular complexity index is 179. The van der Waals surface area contributed by atoms with E-state index in [4.69, 9.17) is 0 Å². The van der Waals surface area contributed by atoms with Crippen molar-refractivity contribution in [1.82, 2.24) is 10.2 Å². The van der Waals surface area contributed by atoms with Crippen molar-refractivity contribution in [2.45, 2.75) is 50.6 Å². The number of rotatable bonds is 2. The summed E-state index contributed by atoms with van der Waals surface area (Å²) in [7, 11) is 4.35. The van der Waals surface area contributed by atoms with E-state index in [9.17, 15) is 0 Å². The molecular formula is C12H24N2. The summed E-state index contributed by atoms with van der Waals surface area (Å²) in [6.07, 6.45) is 8.68. The molecule has 3 unspecified atom stereocenters. The molecule has 1 heterocycles. The van der Waals surface area contributed by atoms with E-state index in [-0.39, 0.29) is 0 Å². The van der Waals surface area contributed by atoms with Crippen molar-refractivity contribution in [3.63, 3.8) is 0 Å². The smallest absolute Gasteiger partial charge is 0.0197 e. The predicted octanol–water partition coefficient (Wildman–Crippen LogP) is 1.86. The van der Waals surface area contributed by atoms with Gasteiger partial charge in [0.1, 0.15) is 0 Å². The Kier molecular flexibility index (Phi) is 3.45. The van der Waals surface area contributed by atoms with Gasteiger partial charge >= 0.3 is 0 Å². The lowest BCUT2D eigenvalue weighted by atomic mass is 9.78. The van der Waals surface area contributed by atoms with Crippen LogP contribution in [0.15, 0.2) is 0 Å². The van der Waals surface area contributed by atoms with Crippen molar-refractivity contribution in [1.29, 1.82) is 0 Å². The predicted molar refractivity (Wildman–Crippen MR) is 60.5 cm³/mol. The second kappa shape index (κ2) is 4.63. The van der Waals surface area contributed by atoms with Gasteiger partial charge in [0.2, 0.25) is 0 Å². The highest BCUT2D eigenvalue weighted by Crippen LogP contribution is 2.32. The van der Waals surface area contributed by atoms with Crippen LogP contribution in [0.3, 0.4) is 0 Å². The standard InChI is InChI=1S/C12H24N2/c1-14(2)9-11-8-7-10-5-3-4-6-12(10)13-11/h10-13H,3-9H2,1-2H3. The summed E-state index contributed by atoms with van der Waals surface area (Å²) in [6, 6.07) is 1.60. The average molecular weight is 196 g/mol. The molecule has 1 saturated heterocycles. The molecule has 2 nitrogen and oxygen atoms in total. The number of piperidine rings is 1. The van der Waals surface area contributed by atoms with E-state index in [2.05, 4.69) is 24.3 Å².